The number of aryl methyl sites for hydroxylation is 1. The van der Waals surface area contributed by atoms with Crippen LogP contribution in [0.25, 0.3) is 0 Å². The third kappa shape index (κ3) is 6.88. The van der Waals surface area contributed by atoms with E-state index >= 15 is 0 Å². The molecule has 3 rings (SSSR count). The van der Waals surface area contributed by atoms with Crippen molar-refractivity contribution in [1.29, 1.82) is 0 Å². The molecule has 2 saturated heterocycles. The van der Waals surface area contributed by atoms with E-state index in [2.05, 4.69) is 45.3 Å². The summed E-state index contributed by atoms with van der Waals surface area (Å²) in [5, 5.41) is 7.82. The van der Waals surface area contributed by atoms with Gasteiger partial charge in [-0.2, -0.15) is 5.10 Å². The van der Waals surface area contributed by atoms with Gasteiger partial charge in [-0.25, -0.2) is 0 Å². The molecule has 0 amide bonds. The Morgan fingerprint density at radius 3 is 2.82 bits per heavy atom. The average molecular weight is 503 g/mol. The summed E-state index contributed by atoms with van der Waals surface area (Å²) in [6.07, 6.45) is 7.76. The van der Waals surface area contributed by atoms with Crippen molar-refractivity contribution in [3.05, 3.63) is 18.0 Å². The van der Waals surface area contributed by atoms with Gasteiger partial charge in [0.2, 0.25) is 0 Å². The van der Waals surface area contributed by atoms with E-state index in [4.69, 9.17) is 4.99 Å². The molecule has 0 spiro atoms. The van der Waals surface area contributed by atoms with Gasteiger partial charge in [-0.05, 0) is 58.4 Å². The number of halogens is 1. The van der Waals surface area contributed by atoms with Crippen LogP contribution in [0.3, 0.4) is 0 Å². The largest absolute Gasteiger partial charge is 0.357 e. The molecule has 160 valence electrons. The number of guanidine groups is 1. The molecule has 0 aliphatic carbocycles. The molecule has 2 fully saturated rings. The first-order valence-electron chi connectivity index (χ1n) is 10.6. The van der Waals surface area contributed by atoms with Crippen molar-refractivity contribution in [3.8, 4) is 0 Å². The van der Waals surface area contributed by atoms with Crippen LogP contribution in [0.1, 0.15) is 37.7 Å². The standard InChI is InChI=1S/C20H37N7.HI/c1-4-21-20(22-8-5-10-26-11-6-9-24(2)13-14-26)27-12-7-18(17-27)19-15-23-25(3)16-19;/h15-16,18H,4-14,17H2,1-3H3,(H,21,22);1H. The van der Waals surface area contributed by atoms with Gasteiger partial charge in [0.1, 0.15) is 0 Å². The molecule has 8 heteroatoms. The number of aromatic nitrogens is 2. The van der Waals surface area contributed by atoms with Gasteiger partial charge in [-0.3, -0.25) is 9.67 Å². The van der Waals surface area contributed by atoms with Crippen LogP contribution in [0, 0.1) is 0 Å². The molecule has 0 aromatic carbocycles. The first kappa shape index (κ1) is 23.4. The summed E-state index contributed by atoms with van der Waals surface area (Å²) in [6.45, 7) is 12.1. The fourth-order valence-corrected chi connectivity index (χ4v) is 4.10. The fraction of sp³-hybridized carbons (Fsp3) is 0.800. The van der Waals surface area contributed by atoms with Gasteiger partial charge in [-0.1, -0.05) is 0 Å². The Morgan fingerprint density at radius 2 is 2.07 bits per heavy atom. The zero-order valence-electron chi connectivity index (χ0n) is 17.8. The Hall–Kier alpha value is -0.870. The van der Waals surface area contributed by atoms with Crippen LogP contribution in [0.15, 0.2) is 17.4 Å². The minimum atomic E-state index is 0. The summed E-state index contributed by atoms with van der Waals surface area (Å²) >= 11 is 0. The van der Waals surface area contributed by atoms with Gasteiger partial charge in [0.05, 0.1) is 6.20 Å². The van der Waals surface area contributed by atoms with E-state index in [0.29, 0.717) is 5.92 Å². The highest BCUT2D eigenvalue weighted by atomic mass is 127. The number of likely N-dealkylation sites (tertiary alicyclic amines) is 1. The van der Waals surface area contributed by atoms with Gasteiger partial charge in [0.15, 0.2) is 5.96 Å². The Bertz CT molecular complexity index is 603. The maximum atomic E-state index is 4.93. The Kier molecular flexibility index (Phi) is 10.0. The molecule has 2 aliphatic rings. The lowest BCUT2D eigenvalue weighted by Crippen LogP contribution is -2.40. The summed E-state index contributed by atoms with van der Waals surface area (Å²) < 4.78 is 1.90. The molecule has 1 unspecified atom stereocenters. The van der Waals surface area contributed by atoms with Crippen LogP contribution >= 0.6 is 24.0 Å². The molecular formula is C20H38IN7. The number of nitrogens with zero attached hydrogens (tertiary/aromatic N) is 6. The molecule has 0 bridgehead atoms. The molecule has 7 nitrogen and oxygen atoms in total. The van der Waals surface area contributed by atoms with Crippen molar-refractivity contribution < 1.29 is 0 Å². The zero-order valence-corrected chi connectivity index (χ0v) is 20.1. The number of rotatable bonds is 6. The normalized spacial score (nSPS) is 22.2. The second-order valence-corrected chi connectivity index (χ2v) is 7.97. The van der Waals surface area contributed by atoms with Crippen LogP contribution in [0.2, 0.25) is 0 Å². The third-order valence-corrected chi connectivity index (χ3v) is 5.73. The van der Waals surface area contributed by atoms with Crippen molar-refractivity contribution in [2.24, 2.45) is 12.0 Å². The second kappa shape index (κ2) is 12.0. The lowest BCUT2D eigenvalue weighted by molar-refractivity contribution is 0.275. The minimum Gasteiger partial charge on any atom is -0.357 e. The highest BCUT2D eigenvalue weighted by molar-refractivity contribution is 14.0. The van der Waals surface area contributed by atoms with Crippen LogP contribution in [0.5, 0.6) is 0 Å². The third-order valence-electron chi connectivity index (χ3n) is 5.73. The molecular weight excluding hydrogens is 465 g/mol. The van der Waals surface area contributed by atoms with Crippen LogP contribution in [0.4, 0.5) is 0 Å². The van der Waals surface area contributed by atoms with Gasteiger partial charge in [-0.15, -0.1) is 24.0 Å². The van der Waals surface area contributed by atoms with Crippen molar-refractivity contribution in [2.75, 3.05) is 66.0 Å². The van der Waals surface area contributed by atoms with Gasteiger partial charge in [0, 0.05) is 58.4 Å². The van der Waals surface area contributed by atoms with Gasteiger partial charge >= 0.3 is 0 Å². The lowest BCUT2D eigenvalue weighted by Gasteiger charge is -2.22. The number of hydrogen-bond acceptors (Lipinski definition) is 4. The predicted molar refractivity (Wildman–Crippen MR) is 127 cm³/mol. The van der Waals surface area contributed by atoms with E-state index in [-0.39, 0.29) is 24.0 Å². The molecule has 0 saturated carbocycles. The zero-order chi connectivity index (χ0) is 19.1. The molecule has 1 N–H and O–H groups in total. The highest BCUT2D eigenvalue weighted by Crippen LogP contribution is 2.26. The highest BCUT2D eigenvalue weighted by Gasteiger charge is 2.26. The fourth-order valence-electron chi connectivity index (χ4n) is 4.10. The maximum Gasteiger partial charge on any atom is 0.193 e. The summed E-state index contributed by atoms with van der Waals surface area (Å²) in [6, 6.07) is 0. The summed E-state index contributed by atoms with van der Waals surface area (Å²) in [7, 11) is 4.22. The van der Waals surface area contributed by atoms with Crippen molar-refractivity contribution in [1.82, 2.24) is 29.8 Å². The van der Waals surface area contributed by atoms with Crippen molar-refractivity contribution >= 4 is 29.9 Å². The van der Waals surface area contributed by atoms with Gasteiger partial charge in [0.25, 0.3) is 0 Å². The summed E-state index contributed by atoms with van der Waals surface area (Å²) in [5.41, 5.74) is 1.35. The van der Waals surface area contributed by atoms with E-state index in [1.807, 2.05) is 17.9 Å². The van der Waals surface area contributed by atoms with E-state index < -0.39 is 0 Å². The number of hydrogen-bond donors (Lipinski definition) is 1. The quantitative estimate of drug-likeness (QED) is 0.278. The molecule has 1 atom stereocenters. The Balaban J connectivity index is 0.00000280. The van der Waals surface area contributed by atoms with Crippen LogP contribution in [-0.4, -0.2) is 96.4 Å². The molecule has 1 aromatic rings. The van der Waals surface area contributed by atoms with Crippen LogP contribution in [-0.2, 0) is 7.05 Å². The number of likely N-dealkylation sites (N-methyl/N-ethyl adjacent to an activating group) is 1. The number of aliphatic imine (C=N–C) groups is 1. The molecule has 1 aromatic heterocycles. The van der Waals surface area contributed by atoms with Gasteiger partial charge < -0.3 is 20.0 Å². The maximum absolute atomic E-state index is 4.93. The Morgan fingerprint density at radius 1 is 1.21 bits per heavy atom. The molecule has 0 radical (unpaired) electrons. The summed E-state index contributed by atoms with van der Waals surface area (Å²) in [4.78, 5) is 12.4. The van der Waals surface area contributed by atoms with E-state index in [1.165, 1.54) is 44.6 Å². The van der Waals surface area contributed by atoms with Crippen molar-refractivity contribution in [2.45, 2.75) is 32.1 Å². The first-order chi connectivity index (χ1) is 13.2. The smallest absolute Gasteiger partial charge is 0.193 e. The second-order valence-electron chi connectivity index (χ2n) is 7.97. The summed E-state index contributed by atoms with van der Waals surface area (Å²) in [5.74, 6) is 1.65. The number of nitrogens with one attached hydrogen (secondary N) is 1. The van der Waals surface area contributed by atoms with E-state index in [9.17, 15) is 0 Å². The predicted octanol–water partition coefficient (Wildman–Crippen LogP) is 1.82. The first-order valence-corrected chi connectivity index (χ1v) is 10.6. The van der Waals surface area contributed by atoms with E-state index in [1.54, 1.807) is 0 Å². The minimum absolute atomic E-state index is 0. The van der Waals surface area contributed by atoms with Crippen LogP contribution < -0.4 is 5.32 Å². The monoisotopic (exact) mass is 503 g/mol. The average Bonchev–Trinajstić information content (AvgIpc) is 3.25. The Labute approximate surface area is 187 Å². The molecule has 3 heterocycles. The molecule has 2 aliphatic heterocycles. The lowest BCUT2D eigenvalue weighted by atomic mass is 10.0. The van der Waals surface area contributed by atoms with Crippen molar-refractivity contribution in [3.63, 3.8) is 0 Å². The molecule has 28 heavy (non-hydrogen) atoms. The SMILES string of the molecule is CCNC(=NCCCN1CCCN(C)CC1)N1CCC(c2cnn(C)c2)C1.I. The topological polar surface area (TPSA) is 51.9 Å². The van der Waals surface area contributed by atoms with E-state index in [0.717, 1.165) is 45.1 Å².